The molecule has 2 aliphatic carbocycles. The molecular weight excluding hydrogens is 1180 g/mol. The molecule has 0 amide bonds. The summed E-state index contributed by atoms with van der Waals surface area (Å²) < 4.78 is 13.4. The second-order valence-corrected chi connectivity index (χ2v) is 26.6. The topological polar surface area (TPSA) is 32.8 Å². The van der Waals surface area contributed by atoms with Crippen molar-refractivity contribution in [3.63, 3.8) is 0 Å². The molecule has 0 spiro atoms. The Morgan fingerprint density at radius 3 is 1.14 bits per heavy atom. The van der Waals surface area contributed by atoms with Gasteiger partial charge in [0.2, 0.25) is 0 Å². The Kier molecular flexibility index (Phi) is 12.7. The van der Waals surface area contributed by atoms with Crippen LogP contribution in [0, 0.1) is 0 Å². The number of furan rings is 2. The first-order valence-electron chi connectivity index (χ1n) is 33.7. The van der Waals surface area contributed by atoms with Gasteiger partial charge in [-0.3, -0.25) is 0 Å². The van der Waals surface area contributed by atoms with E-state index in [1.165, 1.54) is 72.0 Å². The van der Waals surface area contributed by atoms with Gasteiger partial charge in [0, 0.05) is 43.9 Å². The summed E-state index contributed by atoms with van der Waals surface area (Å²) in [5.74, 6) is 0. The minimum atomic E-state index is -0.582. The first-order chi connectivity index (χ1) is 47.8. The lowest BCUT2D eigenvalue weighted by atomic mass is 9.72. The third kappa shape index (κ3) is 8.43. The molecule has 0 aliphatic heterocycles. The molecular formula is C93H64N2O2. The molecule has 0 N–H and O–H groups in total. The Balaban J connectivity index is 0.806. The van der Waals surface area contributed by atoms with Crippen molar-refractivity contribution in [1.29, 1.82) is 0 Å². The normalized spacial score (nSPS) is 14.3. The Morgan fingerprint density at radius 2 is 0.557 bits per heavy atom. The molecule has 2 aliphatic rings. The van der Waals surface area contributed by atoms with Crippen LogP contribution in [0.1, 0.15) is 48.6 Å². The molecule has 0 bridgehead atoms. The third-order valence-electron chi connectivity index (χ3n) is 21.2. The largest absolute Gasteiger partial charge is 0.456 e. The zero-order chi connectivity index (χ0) is 64.5. The van der Waals surface area contributed by atoms with Crippen LogP contribution in [0.4, 0.5) is 34.1 Å². The fraction of sp³-hybridized carbons (Fsp3) is 0.0538. The van der Waals surface area contributed by atoms with Crippen molar-refractivity contribution in [2.75, 3.05) is 9.80 Å². The first kappa shape index (κ1) is 56.3. The predicted octanol–water partition coefficient (Wildman–Crippen LogP) is 25.9. The van der Waals surface area contributed by atoms with Gasteiger partial charge in [-0.25, -0.2) is 0 Å². The number of para-hydroxylation sites is 6. The van der Waals surface area contributed by atoms with Crippen molar-refractivity contribution in [2.24, 2.45) is 0 Å². The van der Waals surface area contributed by atoms with E-state index in [4.69, 9.17) is 8.83 Å². The smallest absolute Gasteiger partial charge is 0.137 e. The zero-order valence-corrected chi connectivity index (χ0v) is 54.0. The molecule has 2 aromatic heterocycles. The quantitative estimate of drug-likeness (QED) is 0.129. The van der Waals surface area contributed by atoms with Gasteiger partial charge in [-0.05, 0) is 151 Å². The van der Waals surface area contributed by atoms with Crippen LogP contribution in [0.5, 0.6) is 0 Å². The van der Waals surface area contributed by atoms with E-state index in [0.717, 1.165) is 111 Å². The van der Waals surface area contributed by atoms with E-state index in [0.29, 0.717) is 0 Å². The molecule has 17 aromatic rings. The molecule has 15 aromatic carbocycles. The highest BCUT2D eigenvalue weighted by Gasteiger charge is 2.44. The highest BCUT2D eigenvalue weighted by Crippen LogP contribution is 2.60. The maximum Gasteiger partial charge on any atom is 0.137 e. The van der Waals surface area contributed by atoms with Crippen molar-refractivity contribution in [1.82, 2.24) is 0 Å². The molecule has 97 heavy (non-hydrogen) atoms. The molecule has 1 atom stereocenters. The molecule has 1 unspecified atom stereocenters. The lowest BCUT2D eigenvalue weighted by Crippen LogP contribution is -2.23. The summed E-state index contributed by atoms with van der Waals surface area (Å²) in [5, 5.41) is 6.65. The van der Waals surface area contributed by atoms with Crippen molar-refractivity contribution < 1.29 is 8.83 Å². The van der Waals surface area contributed by atoms with Crippen LogP contribution in [0.3, 0.4) is 0 Å². The standard InChI is InChI=1S/C93H64N2O2/c1-92(2)73-44-15-7-35-69(73)88-67(42-25-47-76(88)92)65-33-11-20-52-81(65)95(83-54-28-58-87-91(83)72-38-14-22-56-85(72)97-87)79-50-18-10-32-64(79)62-39-23-41-63-61(62)40-24-46-74(63)93(3)75-45-16-8-36-70(75)89-68(43-26-48-77(89)93)66-34-12-19-51-80(66)94(78-49-17-9-31-60(78)59-29-5-4-6-30-59)82-53-27-57-86-90(82)71-37-13-21-55-84(71)96-86/h4-58H,1-3H3. The van der Waals surface area contributed by atoms with Crippen LogP contribution in [-0.4, -0.2) is 0 Å². The minimum Gasteiger partial charge on any atom is -0.456 e. The molecule has 0 radical (unpaired) electrons. The summed E-state index contributed by atoms with van der Waals surface area (Å²) in [6, 6.07) is 123. The number of nitrogens with zero attached hydrogens (tertiary/aromatic N) is 2. The fourth-order valence-electron chi connectivity index (χ4n) is 16.9. The van der Waals surface area contributed by atoms with Gasteiger partial charge in [0.15, 0.2) is 0 Å². The van der Waals surface area contributed by atoms with Gasteiger partial charge in [0.05, 0.1) is 44.9 Å². The summed E-state index contributed by atoms with van der Waals surface area (Å²) in [6.07, 6.45) is 0. The van der Waals surface area contributed by atoms with Crippen LogP contribution < -0.4 is 9.80 Å². The van der Waals surface area contributed by atoms with Gasteiger partial charge < -0.3 is 18.6 Å². The highest BCUT2D eigenvalue weighted by molar-refractivity contribution is 6.17. The Morgan fingerprint density at radius 1 is 0.216 bits per heavy atom. The van der Waals surface area contributed by atoms with Crippen LogP contribution in [0.25, 0.3) is 121 Å². The summed E-state index contributed by atoms with van der Waals surface area (Å²) in [6.45, 7) is 7.20. The third-order valence-corrected chi connectivity index (χ3v) is 21.2. The van der Waals surface area contributed by atoms with E-state index in [1.54, 1.807) is 0 Å². The maximum atomic E-state index is 6.74. The maximum absolute atomic E-state index is 6.74. The van der Waals surface area contributed by atoms with E-state index in [2.05, 4.69) is 364 Å². The SMILES string of the molecule is CC1(C)c2ccccc2-c2c(-c3ccccc3N(c3ccccc3-c3cccc4c(C5(C)c6ccccc6-c6c(-c7ccccc7N(c7ccccc7-c7ccccc7)c7cccc8oc9ccccc9c78)cccc65)cccc34)c3cccc4oc5ccccc5c34)cccc21. The summed E-state index contributed by atoms with van der Waals surface area (Å²) >= 11 is 0. The molecule has 0 saturated heterocycles. The number of hydrogen-bond donors (Lipinski definition) is 0. The number of hydrogen-bond acceptors (Lipinski definition) is 4. The van der Waals surface area contributed by atoms with Crippen molar-refractivity contribution >= 4 is 88.8 Å². The number of benzene rings is 15. The lowest BCUT2D eigenvalue weighted by molar-refractivity contribution is 0.660. The Hall–Kier alpha value is -12.2. The second-order valence-electron chi connectivity index (χ2n) is 26.6. The molecule has 458 valence electrons. The van der Waals surface area contributed by atoms with Gasteiger partial charge >= 0.3 is 0 Å². The number of anilines is 6. The summed E-state index contributed by atoms with van der Waals surface area (Å²) in [7, 11) is 0. The van der Waals surface area contributed by atoms with E-state index in [1.807, 2.05) is 0 Å². The first-order valence-corrected chi connectivity index (χ1v) is 33.7. The fourth-order valence-corrected chi connectivity index (χ4v) is 16.9. The van der Waals surface area contributed by atoms with Gasteiger partial charge in [-0.1, -0.05) is 287 Å². The van der Waals surface area contributed by atoms with E-state index < -0.39 is 5.41 Å². The summed E-state index contributed by atoms with van der Waals surface area (Å²) in [5.41, 5.74) is 29.7. The minimum absolute atomic E-state index is 0.170. The van der Waals surface area contributed by atoms with Crippen molar-refractivity contribution in [3.05, 3.63) is 361 Å². The van der Waals surface area contributed by atoms with E-state index in [9.17, 15) is 0 Å². The molecule has 4 nitrogen and oxygen atoms in total. The predicted molar refractivity (Wildman–Crippen MR) is 405 cm³/mol. The number of rotatable bonds is 11. The lowest BCUT2D eigenvalue weighted by Gasteiger charge is -2.32. The van der Waals surface area contributed by atoms with Crippen molar-refractivity contribution in [2.45, 2.75) is 31.6 Å². The van der Waals surface area contributed by atoms with Crippen LogP contribution in [0.2, 0.25) is 0 Å². The van der Waals surface area contributed by atoms with Crippen LogP contribution in [-0.2, 0) is 10.8 Å². The van der Waals surface area contributed by atoms with Crippen LogP contribution >= 0.6 is 0 Å². The van der Waals surface area contributed by atoms with Gasteiger partial charge in [-0.2, -0.15) is 0 Å². The van der Waals surface area contributed by atoms with Gasteiger partial charge in [0.1, 0.15) is 22.3 Å². The van der Waals surface area contributed by atoms with E-state index in [-0.39, 0.29) is 5.41 Å². The zero-order valence-electron chi connectivity index (χ0n) is 54.0. The molecule has 2 heterocycles. The van der Waals surface area contributed by atoms with Gasteiger partial charge in [-0.15, -0.1) is 0 Å². The molecule has 0 fully saturated rings. The average Bonchev–Trinajstić information content (AvgIpc) is 1.57. The summed E-state index contributed by atoms with van der Waals surface area (Å²) in [4.78, 5) is 5.00. The Labute approximate surface area is 563 Å². The molecule has 0 saturated carbocycles. The van der Waals surface area contributed by atoms with Crippen LogP contribution in [0.15, 0.2) is 342 Å². The number of fused-ring (bicyclic) bond motifs is 13. The molecule has 19 rings (SSSR count). The average molecular weight is 1240 g/mol. The van der Waals surface area contributed by atoms with Crippen molar-refractivity contribution in [3.8, 4) is 66.8 Å². The highest BCUT2D eigenvalue weighted by atomic mass is 16.3. The van der Waals surface area contributed by atoms with Gasteiger partial charge in [0.25, 0.3) is 0 Å². The van der Waals surface area contributed by atoms with E-state index >= 15 is 0 Å². The monoisotopic (exact) mass is 1240 g/mol. The molecule has 4 heteroatoms. The second kappa shape index (κ2) is 21.9. The Bertz CT molecular complexity index is 6050.